The summed E-state index contributed by atoms with van der Waals surface area (Å²) in [5.41, 5.74) is 2.88. The highest BCUT2D eigenvalue weighted by Gasteiger charge is 2.36. The topological polar surface area (TPSA) is 108 Å². The zero-order valence-corrected chi connectivity index (χ0v) is 22.8. The Morgan fingerprint density at radius 3 is 2.27 bits per heavy atom. The quantitative estimate of drug-likeness (QED) is 0.420. The van der Waals surface area contributed by atoms with Crippen LogP contribution in [-0.4, -0.2) is 52.7 Å². The van der Waals surface area contributed by atoms with Crippen LogP contribution < -0.4 is 10.6 Å². The molecule has 202 valence electrons. The van der Waals surface area contributed by atoms with E-state index in [1.165, 1.54) is 4.90 Å². The summed E-state index contributed by atoms with van der Waals surface area (Å²) < 4.78 is 5.28. The summed E-state index contributed by atoms with van der Waals surface area (Å²) in [6, 6.07) is 13.0. The molecular weight excluding hydrogens is 470 g/mol. The van der Waals surface area contributed by atoms with Crippen LogP contribution in [0.25, 0.3) is 0 Å². The normalized spacial score (nSPS) is 12.8. The molecule has 2 atom stereocenters. The monoisotopic (exact) mass is 511 g/mol. The number of nitrogens with one attached hydrogen (secondary N) is 2. The number of aliphatic hydroxyl groups excluding tert-OH is 1. The van der Waals surface area contributed by atoms with E-state index in [2.05, 4.69) is 10.6 Å². The van der Waals surface area contributed by atoms with Crippen molar-refractivity contribution >= 4 is 17.9 Å². The van der Waals surface area contributed by atoms with Crippen LogP contribution in [0.1, 0.15) is 68.8 Å². The fraction of sp³-hybridized carbons (Fsp3) is 0.483. The first kappa shape index (κ1) is 29.8. The van der Waals surface area contributed by atoms with Crippen molar-refractivity contribution in [2.75, 3.05) is 13.2 Å². The Morgan fingerprint density at radius 2 is 1.70 bits per heavy atom. The number of aliphatic hydroxyl groups is 1. The highest BCUT2D eigenvalue weighted by atomic mass is 16.6. The van der Waals surface area contributed by atoms with Crippen LogP contribution in [0.15, 0.2) is 48.5 Å². The highest BCUT2D eigenvalue weighted by molar-refractivity contribution is 5.92. The summed E-state index contributed by atoms with van der Waals surface area (Å²) in [6.45, 7) is 11.0. The number of unbranched alkanes of at least 4 members (excludes halogenated alkanes) is 1. The third kappa shape index (κ3) is 9.21. The van der Waals surface area contributed by atoms with Crippen LogP contribution in [-0.2, 0) is 20.9 Å². The molecule has 0 radical (unpaired) electrons. The van der Waals surface area contributed by atoms with E-state index in [9.17, 15) is 19.5 Å². The van der Waals surface area contributed by atoms with Crippen LogP contribution in [0.2, 0.25) is 0 Å². The van der Waals surface area contributed by atoms with Gasteiger partial charge in [-0.2, -0.15) is 0 Å². The van der Waals surface area contributed by atoms with E-state index in [1.807, 2.05) is 69.3 Å². The van der Waals surface area contributed by atoms with Gasteiger partial charge in [-0.05, 0) is 63.3 Å². The first-order valence-corrected chi connectivity index (χ1v) is 12.8. The predicted octanol–water partition coefficient (Wildman–Crippen LogP) is 4.18. The molecule has 2 aromatic carbocycles. The number of hydrogen-bond acceptors (Lipinski definition) is 5. The lowest BCUT2D eigenvalue weighted by atomic mass is 9.98. The van der Waals surface area contributed by atoms with Crippen molar-refractivity contribution in [3.8, 4) is 0 Å². The van der Waals surface area contributed by atoms with E-state index >= 15 is 0 Å². The molecule has 0 fully saturated rings. The third-order valence-corrected chi connectivity index (χ3v) is 5.92. The zero-order chi connectivity index (χ0) is 27.6. The summed E-state index contributed by atoms with van der Waals surface area (Å²) in [5, 5.41) is 15.5. The Kier molecular flexibility index (Phi) is 11.1. The lowest BCUT2D eigenvalue weighted by Gasteiger charge is -2.34. The van der Waals surface area contributed by atoms with Gasteiger partial charge in [0.15, 0.2) is 0 Å². The molecule has 0 aromatic heterocycles. The first-order valence-electron chi connectivity index (χ1n) is 12.8. The minimum atomic E-state index is -1.26. The SMILES string of the molecule is CCCCN(C(=O)C(CO)NC(=O)OC(C)(C)C)C(C(=O)NCc1ccccc1)c1ccc(C)c(C)c1. The van der Waals surface area contributed by atoms with Gasteiger partial charge in [-0.25, -0.2) is 4.79 Å². The van der Waals surface area contributed by atoms with E-state index in [1.54, 1.807) is 20.8 Å². The van der Waals surface area contributed by atoms with Crippen molar-refractivity contribution in [3.63, 3.8) is 0 Å². The first-order chi connectivity index (χ1) is 17.5. The van der Waals surface area contributed by atoms with Crippen LogP contribution in [0, 0.1) is 13.8 Å². The largest absolute Gasteiger partial charge is 0.444 e. The van der Waals surface area contributed by atoms with E-state index < -0.39 is 36.3 Å². The molecule has 0 bridgehead atoms. The maximum Gasteiger partial charge on any atom is 0.408 e. The fourth-order valence-electron chi connectivity index (χ4n) is 3.82. The number of alkyl carbamates (subject to hydrolysis) is 1. The average molecular weight is 512 g/mol. The van der Waals surface area contributed by atoms with Gasteiger partial charge in [0.1, 0.15) is 17.7 Å². The van der Waals surface area contributed by atoms with Crippen LogP contribution in [0.3, 0.4) is 0 Å². The van der Waals surface area contributed by atoms with Gasteiger partial charge in [0.05, 0.1) is 6.61 Å². The number of amides is 3. The van der Waals surface area contributed by atoms with E-state index in [0.29, 0.717) is 18.5 Å². The number of rotatable bonds is 11. The molecule has 3 amide bonds. The summed E-state index contributed by atoms with van der Waals surface area (Å²) in [7, 11) is 0. The summed E-state index contributed by atoms with van der Waals surface area (Å²) >= 11 is 0. The smallest absolute Gasteiger partial charge is 0.408 e. The molecule has 37 heavy (non-hydrogen) atoms. The van der Waals surface area contributed by atoms with Crippen molar-refractivity contribution in [1.29, 1.82) is 0 Å². The minimum Gasteiger partial charge on any atom is -0.444 e. The number of ether oxygens (including phenoxy) is 1. The Morgan fingerprint density at radius 1 is 1.03 bits per heavy atom. The molecule has 0 spiro atoms. The van der Waals surface area contributed by atoms with Gasteiger partial charge in [0.25, 0.3) is 0 Å². The number of hydrogen-bond donors (Lipinski definition) is 3. The predicted molar refractivity (Wildman–Crippen MR) is 144 cm³/mol. The lowest BCUT2D eigenvalue weighted by molar-refractivity contribution is -0.143. The Hall–Kier alpha value is -3.39. The molecule has 2 unspecified atom stereocenters. The third-order valence-electron chi connectivity index (χ3n) is 5.92. The van der Waals surface area contributed by atoms with Gasteiger partial charge in [0, 0.05) is 13.1 Å². The molecule has 0 aliphatic heterocycles. The van der Waals surface area contributed by atoms with Gasteiger partial charge in [-0.15, -0.1) is 0 Å². The molecule has 0 heterocycles. The maximum absolute atomic E-state index is 13.7. The second-order valence-electron chi connectivity index (χ2n) is 10.2. The molecule has 8 nitrogen and oxygen atoms in total. The summed E-state index contributed by atoms with van der Waals surface area (Å²) in [5.74, 6) is -0.898. The van der Waals surface area contributed by atoms with E-state index in [0.717, 1.165) is 23.1 Å². The summed E-state index contributed by atoms with van der Waals surface area (Å²) in [6.07, 6.45) is 0.619. The molecule has 0 aliphatic carbocycles. The van der Waals surface area contributed by atoms with Gasteiger partial charge >= 0.3 is 6.09 Å². The zero-order valence-electron chi connectivity index (χ0n) is 22.8. The van der Waals surface area contributed by atoms with Gasteiger partial charge in [0.2, 0.25) is 11.8 Å². The molecule has 0 saturated carbocycles. The fourth-order valence-corrected chi connectivity index (χ4v) is 3.82. The van der Waals surface area contributed by atoms with E-state index in [-0.39, 0.29) is 12.5 Å². The Balaban J connectivity index is 2.42. The van der Waals surface area contributed by atoms with Crippen LogP contribution in [0.5, 0.6) is 0 Å². The van der Waals surface area contributed by atoms with Crippen molar-refractivity contribution in [1.82, 2.24) is 15.5 Å². The molecule has 0 aliphatic rings. The second-order valence-corrected chi connectivity index (χ2v) is 10.2. The Bertz CT molecular complexity index is 1050. The summed E-state index contributed by atoms with van der Waals surface area (Å²) in [4.78, 5) is 41.2. The number of aryl methyl sites for hydroxylation is 2. The van der Waals surface area contributed by atoms with E-state index in [4.69, 9.17) is 4.74 Å². The van der Waals surface area contributed by atoms with Crippen molar-refractivity contribution in [2.45, 2.75) is 78.6 Å². The number of benzene rings is 2. The molecule has 8 heteroatoms. The maximum atomic E-state index is 13.7. The van der Waals surface area contributed by atoms with Gasteiger partial charge < -0.3 is 25.4 Å². The number of carbonyl (C=O) groups is 3. The van der Waals surface area contributed by atoms with Crippen molar-refractivity contribution < 1.29 is 24.2 Å². The number of carbonyl (C=O) groups excluding carboxylic acids is 3. The molecule has 2 aromatic rings. The van der Waals surface area contributed by atoms with Crippen molar-refractivity contribution in [2.24, 2.45) is 0 Å². The highest BCUT2D eigenvalue weighted by Crippen LogP contribution is 2.25. The molecule has 0 saturated heterocycles. The standard InChI is InChI=1S/C29H41N3O5/c1-7-8-16-32(27(35)24(19-33)31-28(36)37-29(4,5)6)25(23-15-14-20(2)21(3)17-23)26(34)30-18-22-12-10-9-11-13-22/h9-15,17,24-25,33H,7-8,16,18-19H2,1-6H3,(H,30,34)(H,31,36). The van der Waals surface area contributed by atoms with Crippen LogP contribution in [0.4, 0.5) is 4.79 Å². The molecular formula is C29H41N3O5. The van der Waals surface area contributed by atoms with Crippen molar-refractivity contribution in [3.05, 3.63) is 70.8 Å². The van der Waals surface area contributed by atoms with Gasteiger partial charge in [-0.1, -0.05) is 61.9 Å². The second kappa shape index (κ2) is 13.8. The average Bonchev–Trinajstić information content (AvgIpc) is 2.84. The van der Waals surface area contributed by atoms with Gasteiger partial charge in [-0.3, -0.25) is 9.59 Å². The number of nitrogens with zero attached hydrogens (tertiary/aromatic N) is 1. The molecule has 2 rings (SSSR count). The minimum absolute atomic E-state index is 0.276. The lowest BCUT2D eigenvalue weighted by Crippen LogP contribution is -2.54. The van der Waals surface area contributed by atoms with Crippen LogP contribution >= 0.6 is 0 Å². The molecule has 3 N–H and O–H groups in total. The Labute approximate surface area is 220 Å².